The molecule has 1 aromatic heterocycles. The molecule has 0 spiro atoms. The maximum atomic E-state index is 12.9. The van der Waals surface area contributed by atoms with Gasteiger partial charge in [-0.3, -0.25) is 14.4 Å². The minimum absolute atomic E-state index is 0.135. The van der Waals surface area contributed by atoms with Crippen molar-refractivity contribution in [1.82, 2.24) is 15.2 Å². The second-order valence-electron chi connectivity index (χ2n) is 11.2. The second-order valence-corrected chi connectivity index (χ2v) is 11.2. The lowest BCUT2D eigenvalue weighted by molar-refractivity contribution is -0.110. The number of nitrogens with one attached hydrogen (secondary N) is 4. The smallest absolute Gasteiger partial charge is 0.256 e. The first-order valence-corrected chi connectivity index (χ1v) is 14.9. The van der Waals surface area contributed by atoms with E-state index in [1.807, 2.05) is 31.2 Å². The molecule has 3 aromatic carbocycles. The molecule has 0 saturated carbocycles. The average molecular weight is 590 g/mol. The predicted molar refractivity (Wildman–Crippen MR) is 172 cm³/mol. The van der Waals surface area contributed by atoms with E-state index < -0.39 is 0 Å². The molecular formula is C35H35N5O4. The Balaban J connectivity index is 1.08. The van der Waals surface area contributed by atoms with Crippen LogP contribution >= 0.6 is 0 Å². The van der Waals surface area contributed by atoms with E-state index in [2.05, 4.69) is 25.8 Å². The number of ether oxygens (including phenoxy) is 1. The molecule has 0 atom stereocenters. The number of rotatable bonds is 10. The molecule has 1 saturated heterocycles. The van der Waals surface area contributed by atoms with E-state index in [-0.39, 0.29) is 17.7 Å². The summed E-state index contributed by atoms with van der Waals surface area (Å²) in [7, 11) is 0. The fraction of sp³-hybridized carbons (Fsp3) is 0.229. The fourth-order valence-electron chi connectivity index (χ4n) is 5.54. The van der Waals surface area contributed by atoms with Crippen LogP contribution in [0.15, 0.2) is 79.0 Å². The van der Waals surface area contributed by atoms with E-state index in [1.165, 1.54) is 12.8 Å². The molecule has 0 unspecified atom stereocenters. The Kier molecular flexibility index (Phi) is 8.56. The average Bonchev–Trinajstić information content (AvgIpc) is 3.77. The van der Waals surface area contributed by atoms with Crippen LogP contribution in [-0.4, -0.2) is 53.8 Å². The summed E-state index contributed by atoms with van der Waals surface area (Å²) in [4.78, 5) is 43.7. The van der Waals surface area contributed by atoms with Crippen molar-refractivity contribution in [2.45, 2.75) is 26.2 Å². The number of aromatic amines is 1. The van der Waals surface area contributed by atoms with Crippen LogP contribution in [0.2, 0.25) is 0 Å². The number of hydrogen-bond acceptors (Lipinski definition) is 5. The third-order valence-electron chi connectivity index (χ3n) is 7.78. The number of carbonyl (C=O) groups excluding carboxylic acids is 3. The van der Waals surface area contributed by atoms with Crippen molar-refractivity contribution in [2.24, 2.45) is 0 Å². The van der Waals surface area contributed by atoms with E-state index in [4.69, 9.17) is 4.74 Å². The van der Waals surface area contributed by atoms with Gasteiger partial charge in [0.05, 0.1) is 16.8 Å². The molecular weight excluding hydrogens is 554 g/mol. The Bertz CT molecular complexity index is 1730. The number of H-pyrrole nitrogens is 1. The molecule has 4 aromatic rings. The molecule has 3 heterocycles. The summed E-state index contributed by atoms with van der Waals surface area (Å²) < 4.78 is 6.06. The van der Waals surface area contributed by atoms with Crippen molar-refractivity contribution < 1.29 is 19.1 Å². The quantitative estimate of drug-likeness (QED) is 0.132. The molecule has 224 valence electrons. The van der Waals surface area contributed by atoms with Gasteiger partial charge in [0.25, 0.3) is 17.7 Å². The summed E-state index contributed by atoms with van der Waals surface area (Å²) in [5, 5.41) is 8.79. The summed E-state index contributed by atoms with van der Waals surface area (Å²) in [6.07, 6.45) is 6.84. The van der Waals surface area contributed by atoms with Gasteiger partial charge in [-0.05, 0) is 94.4 Å². The molecule has 4 N–H and O–H groups in total. The minimum Gasteiger partial charge on any atom is -0.457 e. The number of hydrogen-bond donors (Lipinski definition) is 4. The maximum absolute atomic E-state index is 12.9. The molecule has 6 rings (SSSR count). The first-order valence-electron chi connectivity index (χ1n) is 14.9. The number of carbonyl (C=O) groups is 3. The van der Waals surface area contributed by atoms with E-state index in [9.17, 15) is 14.4 Å². The van der Waals surface area contributed by atoms with E-state index in [0.717, 1.165) is 37.2 Å². The highest BCUT2D eigenvalue weighted by molar-refractivity contribution is 6.35. The first-order chi connectivity index (χ1) is 21.4. The number of benzene rings is 3. The Morgan fingerprint density at radius 1 is 0.932 bits per heavy atom. The molecule has 9 heteroatoms. The van der Waals surface area contributed by atoms with Gasteiger partial charge in [-0.2, -0.15) is 0 Å². The highest BCUT2D eigenvalue weighted by Crippen LogP contribution is 2.37. The van der Waals surface area contributed by atoms with Gasteiger partial charge in [0.2, 0.25) is 0 Å². The third kappa shape index (κ3) is 6.90. The van der Waals surface area contributed by atoms with Crippen molar-refractivity contribution >= 4 is 40.7 Å². The highest BCUT2D eigenvalue weighted by atomic mass is 16.5. The monoisotopic (exact) mass is 589 g/mol. The largest absolute Gasteiger partial charge is 0.457 e. The topological polar surface area (TPSA) is 116 Å². The van der Waals surface area contributed by atoms with Crippen LogP contribution in [0.25, 0.3) is 11.6 Å². The lowest BCUT2D eigenvalue weighted by Crippen LogP contribution is -2.28. The first kappa shape index (κ1) is 28.9. The van der Waals surface area contributed by atoms with E-state index in [0.29, 0.717) is 51.8 Å². The predicted octanol–water partition coefficient (Wildman–Crippen LogP) is 6.08. The number of amides is 3. The highest BCUT2D eigenvalue weighted by Gasteiger charge is 2.25. The van der Waals surface area contributed by atoms with Crippen LogP contribution in [0.4, 0.5) is 11.4 Å². The Hall–Kier alpha value is -5.15. The molecule has 0 aliphatic carbocycles. The zero-order valence-electron chi connectivity index (χ0n) is 24.6. The molecule has 0 radical (unpaired) electrons. The molecule has 2 aliphatic heterocycles. The van der Waals surface area contributed by atoms with Crippen LogP contribution < -0.4 is 20.7 Å². The zero-order valence-corrected chi connectivity index (χ0v) is 24.6. The Morgan fingerprint density at radius 2 is 1.75 bits per heavy atom. The van der Waals surface area contributed by atoms with E-state index in [1.54, 1.807) is 60.8 Å². The van der Waals surface area contributed by atoms with Gasteiger partial charge in [0, 0.05) is 47.4 Å². The van der Waals surface area contributed by atoms with Crippen LogP contribution in [0.5, 0.6) is 11.5 Å². The molecule has 0 bridgehead atoms. The molecule has 44 heavy (non-hydrogen) atoms. The Morgan fingerprint density at radius 3 is 2.59 bits per heavy atom. The van der Waals surface area contributed by atoms with Crippen LogP contribution in [0.1, 0.15) is 56.8 Å². The van der Waals surface area contributed by atoms with Crippen molar-refractivity contribution in [1.29, 1.82) is 0 Å². The van der Waals surface area contributed by atoms with Crippen LogP contribution in [0, 0.1) is 6.92 Å². The summed E-state index contributed by atoms with van der Waals surface area (Å²) in [5.74, 6) is 0.509. The van der Waals surface area contributed by atoms with Crippen LogP contribution in [-0.2, 0) is 4.79 Å². The number of aromatic nitrogens is 1. The second kappa shape index (κ2) is 13.0. The van der Waals surface area contributed by atoms with Gasteiger partial charge in [-0.25, -0.2) is 0 Å². The van der Waals surface area contributed by atoms with E-state index >= 15 is 0 Å². The van der Waals surface area contributed by atoms with Gasteiger partial charge in [-0.15, -0.1) is 0 Å². The molecule has 3 amide bonds. The number of aryl methyl sites for hydroxylation is 1. The van der Waals surface area contributed by atoms with Gasteiger partial charge in [0.1, 0.15) is 11.5 Å². The molecule has 2 aliphatic rings. The number of nitrogens with zero attached hydrogens (tertiary/aromatic N) is 1. The Labute approximate surface area is 256 Å². The van der Waals surface area contributed by atoms with Gasteiger partial charge in [-0.1, -0.05) is 23.8 Å². The summed E-state index contributed by atoms with van der Waals surface area (Å²) in [6, 6.07) is 21.7. The van der Waals surface area contributed by atoms with Gasteiger partial charge < -0.3 is 30.6 Å². The van der Waals surface area contributed by atoms with Gasteiger partial charge in [0.15, 0.2) is 0 Å². The number of likely N-dealkylation sites (tertiary alicyclic amines) is 1. The fourth-order valence-corrected chi connectivity index (χ4v) is 5.54. The lowest BCUT2D eigenvalue weighted by atomic mass is 10.1. The number of anilines is 2. The van der Waals surface area contributed by atoms with Crippen LogP contribution in [0.3, 0.4) is 0 Å². The SMILES string of the molecule is Cc1cccc(C(=O)Nc2cccc(Oc3ccc4c(c3)NC(=O)/C4=C\c3cc(C(=O)NCCCN4CCCC4)c[nH]3)c2)c1. The van der Waals surface area contributed by atoms with Crippen molar-refractivity contribution in [2.75, 3.05) is 36.8 Å². The lowest BCUT2D eigenvalue weighted by Gasteiger charge is -2.14. The van der Waals surface area contributed by atoms with Gasteiger partial charge >= 0.3 is 0 Å². The van der Waals surface area contributed by atoms with Crippen molar-refractivity contribution in [3.63, 3.8) is 0 Å². The molecule has 9 nitrogen and oxygen atoms in total. The summed E-state index contributed by atoms with van der Waals surface area (Å²) in [5.41, 5.74) is 5.25. The maximum Gasteiger partial charge on any atom is 0.256 e. The normalized spacial score (nSPS) is 15.2. The third-order valence-corrected chi connectivity index (χ3v) is 7.78. The zero-order chi connectivity index (χ0) is 30.5. The minimum atomic E-state index is -0.236. The summed E-state index contributed by atoms with van der Waals surface area (Å²) >= 11 is 0. The van der Waals surface area contributed by atoms with Crippen molar-refractivity contribution in [3.05, 3.63) is 107 Å². The molecule has 1 fully saturated rings. The summed E-state index contributed by atoms with van der Waals surface area (Å²) in [6.45, 7) is 5.88. The standard InChI is InChI=1S/C35H35N5O4/c1-23-7-4-8-24(17-23)34(42)38-26-9-5-10-28(19-26)44-29-11-12-30-31(35(43)39-32(30)21-29)20-27-18-25(22-37-27)33(41)36-13-6-16-40-14-2-3-15-40/h4-5,7-12,17-22,37H,2-3,6,13-16H2,1H3,(H,36,41)(H,38,42)(H,39,43)/b31-20-. The number of fused-ring (bicyclic) bond motifs is 1. The van der Waals surface area contributed by atoms with Crippen molar-refractivity contribution in [3.8, 4) is 11.5 Å².